The summed E-state index contributed by atoms with van der Waals surface area (Å²) in [6, 6.07) is 10.2. The minimum Gasteiger partial charge on any atom is -0.261 e. The third kappa shape index (κ3) is 1.97. The molecule has 21 heavy (non-hydrogen) atoms. The van der Waals surface area contributed by atoms with E-state index in [1.807, 2.05) is 24.3 Å². The standard InChI is InChI=1S/C16H13ClN4/c17-13-4-2-1-3-10(13)14-11(7-18)15(9-5-6-9)20-16-12(14)8-19-21-16/h1-4,8-9,11,14H,5-6H2,(H,19,21). The number of rotatable bonds is 2. The second-order valence-electron chi connectivity index (χ2n) is 5.59. The summed E-state index contributed by atoms with van der Waals surface area (Å²) in [5.41, 5.74) is 2.92. The Labute approximate surface area is 127 Å². The molecule has 2 aromatic rings. The van der Waals surface area contributed by atoms with Crippen LogP contribution in [0.25, 0.3) is 0 Å². The molecule has 4 nitrogen and oxygen atoms in total. The lowest BCUT2D eigenvalue weighted by molar-refractivity contribution is 0.700. The van der Waals surface area contributed by atoms with Crippen LogP contribution in [0.15, 0.2) is 35.5 Å². The van der Waals surface area contributed by atoms with Crippen LogP contribution >= 0.6 is 11.6 Å². The second kappa shape index (κ2) is 4.71. The van der Waals surface area contributed by atoms with Crippen molar-refractivity contribution >= 4 is 23.1 Å². The van der Waals surface area contributed by atoms with Crippen molar-refractivity contribution < 1.29 is 0 Å². The number of aliphatic imine (C=N–C) groups is 1. The van der Waals surface area contributed by atoms with Gasteiger partial charge in [0.2, 0.25) is 0 Å². The number of aromatic nitrogens is 2. The van der Waals surface area contributed by atoms with Gasteiger partial charge in [-0.05, 0) is 30.4 Å². The van der Waals surface area contributed by atoms with Crippen LogP contribution in [0.5, 0.6) is 0 Å². The summed E-state index contributed by atoms with van der Waals surface area (Å²) in [6.45, 7) is 0. The van der Waals surface area contributed by atoms with Gasteiger partial charge in [0.1, 0.15) is 0 Å². The van der Waals surface area contributed by atoms with Gasteiger partial charge in [-0.25, -0.2) is 4.99 Å². The van der Waals surface area contributed by atoms with Gasteiger partial charge in [-0.2, -0.15) is 10.4 Å². The van der Waals surface area contributed by atoms with E-state index in [-0.39, 0.29) is 11.8 Å². The first-order chi connectivity index (χ1) is 10.3. The molecule has 2 aliphatic rings. The molecule has 1 aromatic carbocycles. The van der Waals surface area contributed by atoms with Crippen molar-refractivity contribution in [2.45, 2.75) is 18.8 Å². The number of nitrogens with zero attached hydrogens (tertiary/aromatic N) is 3. The fraction of sp³-hybridized carbons (Fsp3) is 0.312. The SMILES string of the molecule is N#CC1C(C2CC2)=Nc2[nH]ncc2C1c1ccccc1Cl. The molecule has 104 valence electrons. The molecule has 1 saturated carbocycles. The summed E-state index contributed by atoms with van der Waals surface area (Å²) in [4.78, 5) is 4.66. The summed E-state index contributed by atoms with van der Waals surface area (Å²) < 4.78 is 0. The normalized spacial score (nSPS) is 24.1. The zero-order valence-electron chi connectivity index (χ0n) is 11.3. The molecular weight excluding hydrogens is 284 g/mol. The van der Waals surface area contributed by atoms with Crippen LogP contribution < -0.4 is 0 Å². The largest absolute Gasteiger partial charge is 0.261 e. The Balaban J connectivity index is 1.91. The van der Waals surface area contributed by atoms with E-state index in [4.69, 9.17) is 11.6 Å². The second-order valence-corrected chi connectivity index (χ2v) is 6.00. The Hall–Kier alpha value is -2.12. The summed E-state index contributed by atoms with van der Waals surface area (Å²) >= 11 is 6.38. The highest BCUT2D eigenvalue weighted by Crippen LogP contribution is 2.47. The highest BCUT2D eigenvalue weighted by Gasteiger charge is 2.42. The van der Waals surface area contributed by atoms with Crippen molar-refractivity contribution in [1.82, 2.24) is 10.2 Å². The number of aromatic amines is 1. The highest BCUT2D eigenvalue weighted by molar-refractivity contribution is 6.31. The number of nitriles is 1. The minimum atomic E-state index is -0.262. The highest BCUT2D eigenvalue weighted by atomic mass is 35.5. The molecule has 1 N–H and O–H groups in total. The molecule has 0 bridgehead atoms. The lowest BCUT2D eigenvalue weighted by atomic mass is 9.77. The van der Waals surface area contributed by atoms with E-state index >= 15 is 0 Å². The molecular formula is C16H13ClN4. The van der Waals surface area contributed by atoms with E-state index in [0.29, 0.717) is 10.9 Å². The summed E-state index contributed by atoms with van der Waals surface area (Å²) in [7, 11) is 0. The van der Waals surface area contributed by atoms with Crippen molar-refractivity contribution in [3.63, 3.8) is 0 Å². The van der Waals surface area contributed by atoms with Crippen LogP contribution in [0.2, 0.25) is 5.02 Å². The van der Waals surface area contributed by atoms with Crippen LogP contribution in [0, 0.1) is 23.2 Å². The van der Waals surface area contributed by atoms with Gasteiger partial charge in [0.25, 0.3) is 0 Å². The van der Waals surface area contributed by atoms with Gasteiger partial charge in [-0.15, -0.1) is 0 Å². The topological polar surface area (TPSA) is 64.8 Å². The number of nitrogens with one attached hydrogen (secondary N) is 1. The molecule has 1 aromatic heterocycles. The predicted octanol–water partition coefficient (Wildman–Crippen LogP) is 3.83. The zero-order chi connectivity index (χ0) is 14.4. The van der Waals surface area contributed by atoms with Crippen molar-refractivity contribution in [1.29, 1.82) is 5.26 Å². The molecule has 0 radical (unpaired) electrons. The number of halogens is 1. The number of fused-ring (bicyclic) bond motifs is 1. The van der Waals surface area contributed by atoms with Crippen LogP contribution in [0.1, 0.15) is 29.9 Å². The first kappa shape index (κ1) is 12.6. The average molecular weight is 297 g/mol. The van der Waals surface area contributed by atoms with Gasteiger partial charge in [-0.3, -0.25) is 5.10 Å². The van der Waals surface area contributed by atoms with E-state index in [2.05, 4.69) is 21.3 Å². The van der Waals surface area contributed by atoms with Gasteiger partial charge in [0, 0.05) is 22.2 Å². The fourth-order valence-corrected chi connectivity index (χ4v) is 3.35. The van der Waals surface area contributed by atoms with Crippen molar-refractivity contribution in [3.05, 3.63) is 46.6 Å². The Morgan fingerprint density at radius 3 is 2.76 bits per heavy atom. The lowest BCUT2D eigenvalue weighted by Gasteiger charge is -2.28. The van der Waals surface area contributed by atoms with Crippen molar-refractivity contribution in [2.24, 2.45) is 16.8 Å². The third-order valence-corrected chi connectivity index (χ3v) is 4.59. The fourth-order valence-electron chi connectivity index (χ4n) is 3.09. The van der Waals surface area contributed by atoms with E-state index in [1.54, 1.807) is 6.20 Å². The average Bonchev–Trinajstić information content (AvgIpc) is 3.24. The van der Waals surface area contributed by atoms with Crippen molar-refractivity contribution in [3.8, 4) is 6.07 Å². The molecule has 4 rings (SSSR count). The quantitative estimate of drug-likeness (QED) is 0.915. The maximum Gasteiger partial charge on any atom is 0.151 e. The third-order valence-electron chi connectivity index (χ3n) is 4.25. The number of hydrogen-bond acceptors (Lipinski definition) is 3. The summed E-state index contributed by atoms with van der Waals surface area (Å²) in [6.07, 6.45) is 4.01. The summed E-state index contributed by atoms with van der Waals surface area (Å²) in [5, 5.41) is 17.5. The Morgan fingerprint density at radius 2 is 2.05 bits per heavy atom. The molecule has 0 amide bonds. The zero-order valence-corrected chi connectivity index (χ0v) is 12.0. The number of H-pyrrole nitrogens is 1. The minimum absolute atomic E-state index is 0.0921. The van der Waals surface area contributed by atoms with Gasteiger partial charge in [0.05, 0.1) is 18.2 Å². The molecule has 0 saturated heterocycles. The van der Waals surface area contributed by atoms with E-state index in [9.17, 15) is 5.26 Å². The van der Waals surface area contributed by atoms with Gasteiger partial charge >= 0.3 is 0 Å². The Morgan fingerprint density at radius 1 is 1.24 bits per heavy atom. The molecule has 1 aliphatic carbocycles. The van der Waals surface area contributed by atoms with Crippen LogP contribution in [-0.4, -0.2) is 15.9 Å². The Bertz CT molecular complexity index is 767. The summed E-state index contributed by atoms with van der Waals surface area (Å²) in [5.74, 6) is 0.859. The van der Waals surface area contributed by atoms with Crippen LogP contribution in [-0.2, 0) is 0 Å². The van der Waals surface area contributed by atoms with E-state index in [1.165, 1.54) is 0 Å². The van der Waals surface area contributed by atoms with Crippen LogP contribution in [0.4, 0.5) is 5.82 Å². The van der Waals surface area contributed by atoms with Gasteiger partial charge < -0.3 is 0 Å². The van der Waals surface area contributed by atoms with Crippen molar-refractivity contribution in [2.75, 3.05) is 0 Å². The maximum atomic E-state index is 9.72. The molecule has 1 aliphatic heterocycles. The number of benzene rings is 1. The Kier molecular flexibility index (Phi) is 2.83. The molecule has 2 atom stereocenters. The first-order valence-corrected chi connectivity index (χ1v) is 7.43. The van der Waals surface area contributed by atoms with Gasteiger partial charge in [0.15, 0.2) is 5.82 Å². The number of hydrogen-bond donors (Lipinski definition) is 1. The molecule has 2 unspecified atom stereocenters. The van der Waals surface area contributed by atoms with E-state index < -0.39 is 0 Å². The van der Waals surface area contributed by atoms with E-state index in [0.717, 1.165) is 35.5 Å². The first-order valence-electron chi connectivity index (χ1n) is 7.05. The molecule has 0 spiro atoms. The molecule has 1 fully saturated rings. The predicted molar refractivity (Wildman–Crippen MR) is 80.8 cm³/mol. The monoisotopic (exact) mass is 296 g/mol. The van der Waals surface area contributed by atoms with Crippen LogP contribution in [0.3, 0.4) is 0 Å². The molecule has 5 heteroatoms. The maximum absolute atomic E-state index is 9.72. The lowest BCUT2D eigenvalue weighted by Crippen LogP contribution is -2.26. The molecule has 2 heterocycles. The van der Waals surface area contributed by atoms with Gasteiger partial charge in [-0.1, -0.05) is 29.8 Å². The smallest absolute Gasteiger partial charge is 0.151 e.